The molecular weight excluding hydrogens is 278 g/mol. The first-order chi connectivity index (χ1) is 9.43. The first kappa shape index (κ1) is 14.9. The number of carbonyl (C=O) groups is 2. The van der Waals surface area contributed by atoms with Crippen LogP contribution in [-0.4, -0.2) is 45.5 Å². The van der Waals surface area contributed by atoms with Crippen LogP contribution in [0.3, 0.4) is 0 Å². The Kier molecular flexibility index (Phi) is 4.34. The molecule has 0 unspecified atom stereocenters. The molecule has 0 atom stereocenters. The minimum Gasteiger partial charge on any atom is -0.360 e. The number of hydrogen-bond donors (Lipinski definition) is 2. The molecule has 7 nitrogen and oxygen atoms in total. The average molecular weight is 297 g/mol. The van der Waals surface area contributed by atoms with Crippen LogP contribution in [0.2, 0.25) is 0 Å². The van der Waals surface area contributed by atoms with Crippen LogP contribution in [0.5, 0.6) is 0 Å². The molecule has 20 heavy (non-hydrogen) atoms. The van der Waals surface area contributed by atoms with Gasteiger partial charge in [0, 0.05) is 6.54 Å². The molecule has 2 N–H and O–H groups in total. The van der Waals surface area contributed by atoms with Crippen LogP contribution in [0.25, 0.3) is 0 Å². The van der Waals surface area contributed by atoms with Gasteiger partial charge in [0.1, 0.15) is 5.01 Å². The first-order valence-corrected chi connectivity index (χ1v) is 7.40. The molecule has 8 heteroatoms. The van der Waals surface area contributed by atoms with Gasteiger partial charge in [-0.15, -0.1) is 10.2 Å². The predicted octanol–water partition coefficient (Wildman–Crippen LogP) is 0.597. The van der Waals surface area contributed by atoms with Crippen molar-refractivity contribution in [3.05, 3.63) is 5.01 Å². The highest BCUT2D eigenvalue weighted by molar-refractivity contribution is 7.15. The van der Waals surface area contributed by atoms with Gasteiger partial charge in [-0.25, -0.2) is 0 Å². The van der Waals surface area contributed by atoms with Gasteiger partial charge >= 0.3 is 0 Å². The number of nitrogens with zero attached hydrogens (tertiary/aromatic N) is 3. The van der Waals surface area contributed by atoms with E-state index in [4.69, 9.17) is 0 Å². The fraction of sp³-hybridized carbons (Fsp3) is 0.667. The Labute approximate surface area is 121 Å². The SMILES string of the molecule is CCCNc1nnc(CN2CC(=O)NC(=O)C2(C)C)s1. The Balaban J connectivity index is 2.06. The van der Waals surface area contributed by atoms with Crippen molar-refractivity contribution in [1.29, 1.82) is 0 Å². The van der Waals surface area contributed by atoms with Crippen molar-refractivity contribution in [3.63, 3.8) is 0 Å². The molecule has 1 fully saturated rings. The Bertz CT molecular complexity index is 514. The van der Waals surface area contributed by atoms with E-state index in [0.29, 0.717) is 6.54 Å². The number of carbonyl (C=O) groups excluding carboxylic acids is 2. The largest absolute Gasteiger partial charge is 0.360 e. The van der Waals surface area contributed by atoms with Crippen LogP contribution in [-0.2, 0) is 16.1 Å². The molecule has 0 saturated carbocycles. The van der Waals surface area contributed by atoms with Gasteiger partial charge in [-0.05, 0) is 20.3 Å². The number of aromatic nitrogens is 2. The third-order valence-electron chi connectivity index (χ3n) is 3.25. The minimum atomic E-state index is -0.726. The Morgan fingerprint density at radius 1 is 1.40 bits per heavy atom. The van der Waals surface area contributed by atoms with E-state index in [9.17, 15) is 9.59 Å². The van der Waals surface area contributed by atoms with E-state index in [1.165, 1.54) is 11.3 Å². The van der Waals surface area contributed by atoms with Crippen LogP contribution in [0, 0.1) is 0 Å². The lowest BCUT2D eigenvalue weighted by Gasteiger charge is -2.39. The quantitative estimate of drug-likeness (QED) is 0.774. The zero-order valence-corrected chi connectivity index (χ0v) is 12.7. The molecule has 2 rings (SSSR count). The zero-order valence-electron chi connectivity index (χ0n) is 11.9. The van der Waals surface area contributed by atoms with Crippen molar-refractivity contribution in [3.8, 4) is 0 Å². The number of rotatable bonds is 5. The number of anilines is 1. The maximum atomic E-state index is 11.9. The van der Waals surface area contributed by atoms with Gasteiger partial charge in [0.2, 0.25) is 16.9 Å². The molecule has 2 amide bonds. The monoisotopic (exact) mass is 297 g/mol. The molecule has 0 aromatic carbocycles. The highest BCUT2D eigenvalue weighted by atomic mass is 32.1. The lowest BCUT2D eigenvalue weighted by molar-refractivity contribution is -0.145. The Morgan fingerprint density at radius 2 is 2.15 bits per heavy atom. The number of hydrogen-bond acceptors (Lipinski definition) is 7. The maximum absolute atomic E-state index is 11.9. The summed E-state index contributed by atoms with van der Waals surface area (Å²) in [5.74, 6) is -0.550. The van der Waals surface area contributed by atoms with Crippen molar-refractivity contribution in [2.24, 2.45) is 0 Å². The lowest BCUT2D eigenvalue weighted by Crippen LogP contribution is -2.63. The zero-order chi connectivity index (χ0) is 14.8. The van der Waals surface area contributed by atoms with Gasteiger partial charge < -0.3 is 5.32 Å². The Morgan fingerprint density at radius 3 is 2.85 bits per heavy atom. The molecule has 0 bridgehead atoms. The normalized spacial score (nSPS) is 18.9. The van der Waals surface area contributed by atoms with E-state index in [1.54, 1.807) is 13.8 Å². The number of nitrogens with one attached hydrogen (secondary N) is 2. The van der Waals surface area contributed by atoms with Crippen LogP contribution >= 0.6 is 11.3 Å². The smallest absolute Gasteiger partial charge is 0.246 e. The molecule has 1 aliphatic heterocycles. The van der Waals surface area contributed by atoms with Crippen molar-refractivity contribution >= 4 is 28.3 Å². The summed E-state index contributed by atoms with van der Waals surface area (Å²) < 4.78 is 0. The molecule has 2 heterocycles. The topological polar surface area (TPSA) is 87.2 Å². The van der Waals surface area contributed by atoms with Gasteiger partial charge in [0.15, 0.2) is 0 Å². The van der Waals surface area contributed by atoms with Crippen molar-refractivity contribution in [2.75, 3.05) is 18.4 Å². The molecule has 110 valence electrons. The lowest BCUT2D eigenvalue weighted by atomic mass is 9.99. The molecule has 0 spiro atoms. The molecule has 0 radical (unpaired) electrons. The highest BCUT2D eigenvalue weighted by Crippen LogP contribution is 2.23. The van der Waals surface area contributed by atoms with E-state index >= 15 is 0 Å². The van der Waals surface area contributed by atoms with E-state index in [2.05, 4.69) is 27.8 Å². The summed E-state index contributed by atoms with van der Waals surface area (Å²) in [5.41, 5.74) is -0.726. The summed E-state index contributed by atoms with van der Waals surface area (Å²) in [6, 6.07) is 0. The fourth-order valence-electron chi connectivity index (χ4n) is 1.87. The molecule has 0 aliphatic carbocycles. The van der Waals surface area contributed by atoms with E-state index in [0.717, 1.165) is 23.1 Å². The van der Waals surface area contributed by atoms with Crippen LogP contribution < -0.4 is 10.6 Å². The van der Waals surface area contributed by atoms with Gasteiger partial charge in [-0.3, -0.25) is 19.8 Å². The third kappa shape index (κ3) is 3.13. The number of amides is 2. The molecule has 1 aliphatic rings. The summed E-state index contributed by atoms with van der Waals surface area (Å²) in [6.45, 7) is 7.16. The number of piperazine rings is 1. The standard InChI is InChI=1S/C12H19N5O2S/c1-4-5-13-11-16-15-9(20-11)7-17-6-8(18)14-10(19)12(17,2)3/h4-7H2,1-3H3,(H,13,16)(H,14,18,19). The summed E-state index contributed by atoms with van der Waals surface area (Å²) in [5, 5.41) is 15.2. The van der Waals surface area contributed by atoms with Gasteiger partial charge in [0.25, 0.3) is 0 Å². The number of imide groups is 1. The van der Waals surface area contributed by atoms with Crippen molar-refractivity contribution in [1.82, 2.24) is 20.4 Å². The second-order valence-electron chi connectivity index (χ2n) is 5.22. The Hall–Kier alpha value is -1.54. The van der Waals surface area contributed by atoms with Crippen molar-refractivity contribution < 1.29 is 9.59 Å². The summed E-state index contributed by atoms with van der Waals surface area (Å²) in [6.07, 6.45) is 1.02. The molecular formula is C12H19N5O2S. The van der Waals surface area contributed by atoms with Crippen molar-refractivity contribution in [2.45, 2.75) is 39.3 Å². The van der Waals surface area contributed by atoms with Crippen LogP contribution in [0.15, 0.2) is 0 Å². The van der Waals surface area contributed by atoms with Crippen LogP contribution in [0.1, 0.15) is 32.2 Å². The highest BCUT2D eigenvalue weighted by Gasteiger charge is 2.41. The molecule has 1 saturated heterocycles. The summed E-state index contributed by atoms with van der Waals surface area (Å²) >= 11 is 1.45. The average Bonchev–Trinajstić information content (AvgIpc) is 2.81. The summed E-state index contributed by atoms with van der Waals surface area (Å²) in [4.78, 5) is 25.2. The molecule has 1 aromatic heterocycles. The second kappa shape index (κ2) is 5.84. The maximum Gasteiger partial charge on any atom is 0.246 e. The minimum absolute atomic E-state index is 0.191. The molecule has 1 aromatic rings. The second-order valence-corrected chi connectivity index (χ2v) is 6.28. The van der Waals surface area contributed by atoms with Crippen LogP contribution in [0.4, 0.5) is 5.13 Å². The summed E-state index contributed by atoms with van der Waals surface area (Å²) in [7, 11) is 0. The fourth-order valence-corrected chi connectivity index (χ4v) is 2.65. The first-order valence-electron chi connectivity index (χ1n) is 6.59. The van der Waals surface area contributed by atoms with Gasteiger partial charge in [0.05, 0.1) is 18.6 Å². The third-order valence-corrected chi connectivity index (χ3v) is 4.12. The van der Waals surface area contributed by atoms with E-state index in [1.807, 2.05) is 4.90 Å². The van der Waals surface area contributed by atoms with Gasteiger partial charge in [-0.1, -0.05) is 18.3 Å². The predicted molar refractivity (Wildman–Crippen MR) is 76.3 cm³/mol. The van der Waals surface area contributed by atoms with E-state index in [-0.39, 0.29) is 18.4 Å². The van der Waals surface area contributed by atoms with Gasteiger partial charge in [-0.2, -0.15) is 0 Å². The van der Waals surface area contributed by atoms with E-state index < -0.39 is 5.54 Å².